The Bertz CT molecular complexity index is 1190. The highest BCUT2D eigenvalue weighted by Gasteiger charge is 2.23. The van der Waals surface area contributed by atoms with Gasteiger partial charge in [-0.3, -0.25) is 4.99 Å². The van der Waals surface area contributed by atoms with Gasteiger partial charge in [0, 0.05) is 28.7 Å². The number of halogens is 1. The van der Waals surface area contributed by atoms with Crippen molar-refractivity contribution in [2.45, 2.75) is 57.7 Å². The Morgan fingerprint density at radius 1 is 1.34 bits per heavy atom. The lowest BCUT2D eigenvalue weighted by atomic mass is 10.2. The first-order chi connectivity index (χ1) is 15.5. The summed E-state index contributed by atoms with van der Waals surface area (Å²) in [5.74, 6) is -0.0573. The van der Waals surface area contributed by atoms with Crippen LogP contribution in [0.4, 0.5) is 5.69 Å². The fraction of sp³-hybridized carbons (Fsp3) is 0.435. The van der Waals surface area contributed by atoms with Gasteiger partial charge in [0.1, 0.15) is 10.7 Å². The zero-order chi connectivity index (χ0) is 22.2. The highest BCUT2D eigenvalue weighted by atomic mass is 35.5. The molecule has 1 unspecified atom stereocenters. The van der Waals surface area contributed by atoms with Crippen molar-refractivity contribution in [2.75, 3.05) is 11.1 Å². The monoisotopic (exact) mass is 471 g/mol. The summed E-state index contributed by atoms with van der Waals surface area (Å²) in [5, 5.41) is 15.9. The zero-order valence-electron chi connectivity index (χ0n) is 17.9. The zero-order valence-corrected chi connectivity index (χ0v) is 19.5. The number of benzene rings is 1. The lowest BCUT2D eigenvalue weighted by Crippen LogP contribution is -2.14. The summed E-state index contributed by atoms with van der Waals surface area (Å²) < 4.78 is 1.71. The maximum Gasteiger partial charge on any atom is 0.354 e. The van der Waals surface area contributed by atoms with Gasteiger partial charge in [-0.1, -0.05) is 24.4 Å². The number of rotatable bonds is 7. The molecular weight excluding hydrogens is 446 g/mol. The van der Waals surface area contributed by atoms with Gasteiger partial charge in [0.15, 0.2) is 0 Å². The Morgan fingerprint density at radius 2 is 2.16 bits per heavy atom. The van der Waals surface area contributed by atoms with Crippen LogP contribution in [-0.4, -0.2) is 48.5 Å². The summed E-state index contributed by atoms with van der Waals surface area (Å²) in [6.07, 6.45) is 7.33. The number of hydrogen-bond acceptors (Lipinski definition) is 5. The number of anilines is 1. The van der Waals surface area contributed by atoms with E-state index in [1.54, 1.807) is 29.6 Å². The number of aryl methyl sites for hydroxylation is 2. The Hall–Kier alpha value is -2.45. The van der Waals surface area contributed by atoms with Gasteiger partial charge in [0.25, 0.3) is 0 Å². The Morgan fingerprint density at radius 3 is 2.94 bits per heavy atom. The molecule has 2 aliphatic rings. The van der Waals surface area contributed by atoms with Crippen molar-refractivity contribution < 1.29 is 9.90 Å². The molecule has 9 heteroatoms. The fourth-order valence-electron chi connectivity index (χ4n) is 4.66. The number of H-pyrrole nitrogens is 1. The second-order valence-corrected chi connectivity index (χ2v) is 10.0. The third kappa shape index (κ3) is 4.26. The molecule has 1 saturated carbocycles. The van der Waals surface area contributed by atoms with Crippen molar-refractivity contribution in [2.24, 2.45) is 4.99 Å². The van der Waals surface area contributed by atoms with Gasteiger partial charge in [-0.05, 0) is 44.4 Å². The van der Waals surface area contributed by atoms with Gasteiger partial charge in [0.2, 0.25) is 0 Å². The van der Waals surface area contributed by atoms with Crippen LogP contribution >= 0.6 is 23.4 Å². The Labute approximate surface area is 195 Å². The van der Waals surface area contributed by atoms with Gasteiger partial charge < -0.3 is 20.0 Å². The number of aromatic amines is 1. The maximum atomic E-state index is 11.5. The van der Waals surface area contributed by atoms with Crippen molar-refractivity contribution in [1.29, 1.82) is 0 Å². The normalized spacial score (nSPS) is 19.1. The number of nitrogens with one attached hydrogen (secondary N) is 2. The molecule has 0 bridgehead atoms. The number of aromatic carboxylic acids is 1. The number of aromatic nitrogens is 3. The number of aliphatic imine (C=N–C) groups is 1. The molecule has 5 rings (SSSR count). The number of carbonyl (C=O) groups is 1. The molecule has 1 atom stereocenters. The molecule has 1 fully saturated rings. The predicted molar refractivity (Wildman–Crippen MR) is 131 cm³/mol. The van der Waals surface area contributed by atoms with E-state index >= 15 is 0 Å². The molecule has 1 aromatic carbocycles. The number of hydrogen-bond donors (Lipinski definition) is 3. The number of imidazole rings is 1. The molecular formula is C23H26ClN5O2S. The average molecular weight is 472 g/mol. The van der Waals surface area contributed by atoms with Gasteiger partial charge in [0.05, 0.1) is 35.0 Å². The summed E-state index contributed by atoms with van der Waals surface area (Å²) in [4.78, 5) is 24.1. The lowest BCUT2D eigenvalue weighted by Gasteiger charge is -2.14. The molecule has 0 amide bonds. The van der Waals surface area contributed by atoms with Crippen LogP contribution in [0.25, 0.3) is 10.9 Å². The predicted octanol–water partition coefficient (Wildman–Crippen LogP) is 5.33. The molecule has 3 heterocycles. The number of nitrogens with zero attached hydrogens (tertiary/aromatic N) is 3. The molecule has 168 valence electrons. The van der Waals surface area contributed by atoms with Crippen LogP contribution in [0.3, 0.4) is 0 Å². The Kier molecular flexibility index (Phi) is 5.90. The minimum Gasteiger partial charge on any atom is -0.477 e. The van der Waals surface area contributed by atoms with Crippen molar-refractivity contribution in [3.63, 3.8) is 0 Å². The molecule has 0 spiro atoms. The third-order valence-corrected chi connectivity index (χ3v) is 7.65. The number of fused-ring (bicyclic) bond motifs is 1. The van der Waals surface area contributed by atoms with E-state index in [0.717, 1.165) is 44.5 Å². The number of carboxylic acids is 1. The topological polar surface area (TPSA) is 95.3 Å². The van der Waals surface area contributed by atoms with E-state index < -0.39 is 5.97 Å². The van der Waals surface area contributed by atoms with Gasteiger partial charge in [-0.15, -0.1) is 11.8 Å². The summed E-state index contributed by atoms with van der Waals surface area (Å²) in [6.45, 7) is 2.31. The maximum absolute atomic E-state index is 11.5. The largest absolute Gasteiger partial charge is 0.477 e. The van der Waals surface area contributed by atoms with Crippen molar-refractivity contribution >= 4 is 51.0 Å². The standard InChI is InChI=1S/C23H26ClN5O2S/c1-13-21(23(30)31)29(12-25-13)7-6-17-11-32-22(27-17)19-9-14-8-15(24)10-18(20(14)28-19)26-16-4-2-3-5-16/h8-10,12,16-17,26,28H,2-7,11H2,1H3,(H,30,31). The van der Waals surface area contributed by atoms with Crippen LogP contribution in [0.5, 0.6) is 0 Å². The molecule has 3 N–H and O–H groups in total. The van der Waals surface area contributed by atoms with Crippen LogP contribution in [0.1, 0.15) is 54.0 Å². The van der Waals surface area contributed by atoms with E-state index in [-0.39, 0.29) is 11.7 Å². The summed E-state index contributed by atoms with van der Waals surface area (Å²) in [5.41, 5.74) is 3.94. The molecule has 2 aromatic heterocycles. The molecule has 1 aliphatic carbocycles. The summed E-state index contributed by atoms with van der Waals surface area (Å²) in [6, 6.07) is 6.77. The van der Waals surface area contributed by atoms with E-state index in [2.05, 4.69) is 21.4 Å². The molecule has 32 heavy (non-hydrogen) atoms. The fourth-order valence-corrected chi connectivity index (χ4v) is 5.96. The minimum atomic E-state index is -0.941. The second kappa shape index (κ2) is 8.83. The van der Waals surface area contributed by atoms with Gasteiger partial charge >= 0.3 is 5.97 Å². The average Bonchev–Trinajstić information content (AvgIpc) is 3.52. The Balaban J connectivity index is 1.33. The third-order valence-electron chi connectivity index (χ3n) is 6.28. The van der Waals surface area contributed by atoms with Gasteiger partial charge in [-0.25, -0.2) is 9.78 Å². The van der Waals surface area contributed by atoms with E-state index in [1.807, 2.05) is 12.1 Å². The highest BCUT2D eigenvalue weighted by Crippen LogP contribution is 2.33. The first-order valence-corrected chi connectivity index (χ1v) is 12.4. The quantitative estimate of drug-likeness (QED) is 0.432. The summed E-state index contributed by atoms with van der Waals surface area (Å²) in [7, 11) is 0. The first kappa shape index (κ1) is 21.4. The van der Waals surface area contributed by atoms with Crippen molar-refractivity contribution in [1.82, 2.24) is 14.5 Å². The highest BCUT2D eigenvalue weighted by molar-refractivity contribution is 8.14. The minimum absolute atomic E-state index is 0.144. The number of carboxylic acid groups (broad SMARTS) is 1. The van der Waals surface area contributed by atoms with Gasteiger partial charge in [-0.2, -0.15) is 0 Å². The smallest absolute Gasteiger partial charge is 0.354 e. The SMILES string of the molecule is Cc1ncn(CCC2CSC(c3cc4cc(Cl)cc(NC5CCCC5)c4[nH]3)=N2)c1C(=O)O. The molecule has 1 aliphatic heterocycles. The van der Waals surface area contributed by atoms with Crippen LogP contribution in [0, 0.1) is 6.92 Å². The second-order valence-electron chi connectivity index (χ2n) is 8.59. The molecule has 0 radical (unpaired) electrons. The van der Waals surface area contributed by atoms with Crippen LogP contribution in [0.15, 0.2) is 29.5 Å². The first-order valence-electron chi connectivity index (χ1n) is 11.0. The van der Waals surface area contributed by atoms with E-state index in [9.17, 15) is 9.90 Å². The molecule has 7 nitrogen and oxygen atoms in total. The van der Waals surface area contributed by atoms with Crippen molar-refractivity contribution in [3.8, 4) is 0 Å². The van der Waals surface area contributed by atoms with E-state index in [1.165, 1.54) is 25.7 Å². The van der Waals surface area contributed by atoms with E-state index in [0.29, 0.717) is 18.3 Å². The van der Waals surface area contributed by atoms with Crippen LogP contribution in [-0.2, 0) is 6.54 Å². The van der Waals surface area contributed by atoms with E-state index in [4.69, 9.17) is 16.6 Å². The van der Waals surface area contributed by atoms with Crippen molar-refractivity contribution in [3.05, 3.63) is 46.6 Å². The summed E-state index contributed by atoms with van der Waals surface area (Å²) >= 11 is 8.14. The molecule has 0 saturated heterocycles. The lowest BCUT2D eigenvalue weighted by molar-refractivity contribution is 0.0684. The van der Waals surface area contributed by atoms with Crippen LogP contribution in [0.2, 0.25) is 5.02 Å². The van der Waals surface area contributed by atoms with Crippen LogP contribution < -0.4 is 5.32 Å². The number of thioether (sulfide) groups is 1. The molecule has 3 aromatic rings.